The van der Waals surface area contributed by atoms with Crippen molar-refractivity contribution in [2.45, 2.75) is 19.0 Å². The van der Waals surface area contributed by atoms with E-state index in [9.17, 15) is 22.8 Å². The number of rotatable bonds is 2. The van der Waals surface area contributed by atoms with Gasteiger partial charge in [-0.2, -0.15) is 13.2 Å². The number of aliphatic carboxylic acids is 1. The third kappa shape index (κ3) is 3.21. The van der Waals surface area contributed by atoms with E-state index in [1.165, 1.54) is 0 Å². The number of hydrogen-bond donors (Lipinski definition) is 1. The van der Waals surface area contributed by atoms with Crippen LogP contribution >= 0.6 is 0 Å². The second-order valence-electron chi connectivity index (χ2n) is 3.89. The van der Waals surface area contributed by atoms with Crippen molar-refractivity contribution in [1.82, 2.24) is 4.90 Å². The van der Waals surface area contributed by atoms with Crippen LogP contribution < -0.4 is 0 Å². The zero-order chi connectivity index (χ0) is 13.2. The Labute approximate surface area is 95.7 Å². The maximum Gasteiger partial charge on any atom is 0.471 e. The lowest BCUT2D eigenvalue weighted by atomic mass is 9.90. The molecular formula is C10H12F3NO3. The number of carbonyl (C=O) groups excluding carboxylic acids is 1. The fourth-order valence-electron chi connectivity index (χ4n) is 1.78. The quantitative estimate of drug-likeness (QED) is 0.755. The normalized spacial score (nSPS) is 17.9. The third-order valence-corrected chi connectivity index (χ3v) is 2.79. The fourth-order valence-corrected chi connectivity index (χ4v) is 1.78. The van der Waals surface area contributed by atoms with Gasteiger partial charge in [0, 0.05) is 18.7 Å². The molecule has 0 aromatic rings. The lowest BCUT2D eigenvalue weighted by molar-refractivity contribution is -0.186. The van der Waals surface area contributed by atoms with Crippen molar-refractivity contribution < 1.29 is 27.9 Å². The SMILES string of the molecule is C=C(C(=O)O)C1CCN(C(=O)C(F)(F)F)CC1. The minimum absolute atomic E-state index is 0.0101. The van der Waals surface area contributed by atoms with E-state index in [-0.39, 0.29) is 37.4 Å². The van der Waals surface area contributed by atoms with Crippen LogP contribution in [0.2, 0.25) is 0 Å². The van der Waals surface area contributed by atoms with Gasteiger partial charge in [0.2, 0.25) is 0 Å². The van der Waals surface area contributed by atoms with Crippen molar-refractivity contribution in [3.8, 4) is 0 Å². The van der Waals surface area contributed by atoms with Gasteiger partial charge < -0.3 is 10.0 Å². The van der Waals surface area contributed by atoms with Crippen LogP contribution in [0.5, 0.6) is 0 Å². The zero-order valence-corrected chi connectivity index (χ0v) is 8.96. The molecule has 4 nitrogen and oxygen atoms in total. The van der Waals surface area contributed by atoms with E-state index >= 15 is 0 Å². The second-order valence-corrected chi connectivity index (χ2v) is 3.89. The Balaban J connectivity index is 2.55. The summed E-state index contributed by atoms with van der Waals surface area (Å²) in [6.07, 6.45) is -4.46. The third-order valence-electron chi connectivity index (χ3n) is 2.79. The Morgan fingerprint density at radius 2 is 1.71 bits per heavy atom. The summed E-state index contributed by atoms with van der Waals surface area (Å²) in [4.78, 5) is 22.2. The highest BCUT2D eigenvalue weighted by molar-refractivity contribution is 5.86. The van der Waals surface area contributed by atoms with Gasteiger partial charge in [0.1, 0.15) is 0 Å². The number of likely N-dealkylation sites (tertiary alicyclic amines) is 1. The summed E-state index contributed by atoms with van der Waals surface area (Å²) >= 11 is 0. The minimum atomic E-state index is -4.86. The van der Waals surface area contributed by atoms with Gasteiger partial charge in [0.15, 0.2) is 0 Å². The Morgan fingerprint density at radius 1 is 1.24 bits per heavy atom. The summed E-state index contributed by atoms with van der Waals surface area (Å²) in [5.41, 5.74) is -0.0101. The molecule has 0 radical (unpaired) electrons. The summed E-state index contributed by atoms with van der Waals surface area (Å²) in [5.74, 6) is -3.37. The first kappa shape index (κ1) is 13.5. The molecule has 0 saturated carbocycles. The molecule has 1 amide bonds. The lowest BCUT2D eigenvalue weighted by Gasteiger charge is -2.32. The number of carbonyl (C=O) groups is 2. The van der Waals surface area contributed by atoms with Crippen molar-refractivity contribution in [1.29, 1.82) is 0 Å². The zero-order valence-electron chi connectivity index (χ0n) is 8.96. The van der Waals surface area contributed by atoms with Crippen LogP contribution in [0.4, 0.5) is 13.2 Å². The molecule has 7 heteroatoms. The molecule has 0 bridgehead atoms. The van der Waals surface area contributed by atoms with E-state index in [0.29, 0.717) is 4.90 Å². The predicted molar refractivity (Wildman–Crippen MR) is 52.1 cm³/mol. The molecule has 0 unspecified atom stereocenters. The Kier molecular flexibility index (Phi) is 3.79. The van der Waals surface area contributed by atoms with Crippen LogP contribution in [0, 0.1) is 5.92 Å². The Hall–Kier alpha value is -1.53. The number of amides is 1. The summed E-state index contributed by atoms with van der Waals surface area (Å²) < 4.78 is 36.3. The average Bonchev–Trinajstić information content (AvgIpc) is 2.26. The number of nitrogens with zero attached hydrogens (tertiary/aromatic N) is 1. The number of carboxylic acids is 1. The molecule has 0 aromatic carbocycles. The van der Waals surface area contributed by atoms with Crippen LogP contribution in [0.1, 0.15) is 12.8 Å². The Bertz CT molecular complexity index is 343. The first-order valence-corrected chi connectivity index (χ1v) is 5.01. The number of hydrogen-bond acceptors (Lipinski definition) is 2. The molecule has 1 fully saturated rings. The molecule has 1 rings (SSSR count). The van der Waals surface area contributed by atoms with Crippen LogP contribution in [0.15, 0.2) is 12.2 Å². The average molecular weight is 251 g/mol. The molecule has 1 aliphatic rings. The second kappa shape index (κ2) is 4.77. The van der Waals surface area contributed by atoms with E-state index in [1.807, 2.05) is 0 Å². The van der Waals surface area contributed by atoms with Crippen molar-refractivity contribution in [3.05, 3.63) is 12.2 Å². The van der Waals surface area contributed by atoms with Crippen molar-refractivity contribution in [2.75, 3.05) is 13.1 Å². The molecule has 1 heterocycles. The molecule has 1 saturated heterocycles. The van der Waals surface area contributed by atoms with Gasteiger partial charge in [-0.1, -0.05) is 6.58 Å². The summed E-state index contributed by atoms with van der Waals surface area (Å²) in [7, 11) is 0. The first-order valence-electron chi connectivity index (χ1n) is 5.01. The highest BCUT2D eigenvalue weighted by atomic mass is 19.4. The van der Waals surface area contributed by atoms with E-state index in [4.69, 9.17) is 5.11 Å². The molecule has 0 aromatic heterocycles. The molecule has 1 aliphatic heterocycles. The maximum atomic E-state index is 12.1. The van der Waals surface area contributed by atoms with Crippen molar-refractivity contribution >= 4 is 11.9 Å². The molecule has 0 spiro atoms. The molecule has 1 N–H and O–H groups in total. The van der Waals surface area contributed by atoms with Crippen molar-refractivity contribution in [3.63, 3.8) is 0 Å². The standard InChI is InChI=1S/C10H12F3NO3/c1-6(8(15)16)7-2-4-14(5-3-7)9(17)10(11,12)13/h7H,1-5H2,(H,15,16). The summed E-state index contributed by atoms with van der Waals surface area (Å²) in [6.45, 7) is 3.20. The molecule has 96 valence electrons. The minimum Gasteiger partial charge on any atom is -0.478 e. The van der Waals surface area contributed by atoms with Gasteiger partial charge in [-0.25, -0.2) is 4.79 Å². The molecule has 17 heavy (non-hydrogen) atoms. The van der Waals surface area contributed by atoms with Crippen LogP contribution in [-0.4, -0.2) is 41.1 Å². The predicted octanol–water partition coefficient (Wildman–Crippen LogP) is 1.43. The molecule has 0 atom stereocenters. The largest absolute Gasteiger partial charge is 0.478 e. The van der Waals surface area contributed by atoms with E-state index in [2.05, 4.69) is 6.58 Å². The molecule has 0 aliphatic carbocycles. The van der Waals surface area contributed by atoms with E-state index in [0.717, 1.165) is 0 Å². The number of carboxylic acid groups (broad SMARTS) is 1. The topological polar surface area (TPSA) is 57.6 Å². The maximum absolute atomic E-state index is 12.1. The van der Waals surface area contributed by atoms with Crippen LogP contribution in [-0.2, 0) is 9.59 Å². The summed E-state index contributed by atoms with van der Waals surface area (Å²) in [5, 5.41) is 8.68. The van der Waals surface area contributed by atoms with Gasteiger partial charge in [0.05, 0.1) is 0 Å². The number of halogens is 3. The van der Waals surface area contributed by atoms with Gasteiger partial charge in [-0.15, -0.1) is 0 Å². The summed E-state index contributed by atoms with van der Waals surface area (Å²) in [6, 6.07) is 0. The number of piperidine rings is 1. The smallest absolute Gasteiger partial charge is 0.471 e. The molecular weight excluding hydrogens is 239 g/mol. The van der Waals surface area contributed by atoms with Gasteiger partial charge in [0.25, 0.3) is 0 Å². The van der Waals surface area contributed by atoms with Crippen LogP contribution in [0.25, 0.3) is 0 Å². The van der Waals surface area contributed by atoms with Crippen LogP contribution in [0.3, 0.4) is 0 Å². The first-order chi connectivity index (χ1) is 7.73. The Morgan fingerprint density at radius 3 is 2.06 bits per heavy atom. The van der Waals surface area contributed by atoms with E-state index in [1.54, 1.807) is 0 Å². The van der Waals surface area contributed by atoms with Crippen molar-refractivity contribution in [2.24, 2.45) is 5.92 Å². The highest BCUT2D eigenvalue weighted by Crippen LogP contribution is 2.27. The van der Waals surface area contributed by atoms with Gasteiger partial charge in [-0.3, -0.25) is 4.79 Å². The monoisotopic (exact) mass is 251 g/mol. The van der Waals surface area contributed by atoms with Gasteiger partial charge >= 0.3 is 18.1 Å². The highest BCUT2D eigenvalue weighted by Gasteiger charge is 2.43. The van der Waals surface area contributed by atoms with E-state index < -0.39 is 18.1 Å². The lowest BCUT2D eigenvalue weighted by Crippen LogP contribution is -2.45. The fraction of sp³-hybridized carbons (Fsp3) is 0.600. The van der Waals surface area contributed by atoms with Gasteiger partial charge in [-0.05, 0) is 18.8 Å². The number of alkyl halides is 3.